The minimum atomic E-state index is 0.271. The maximum absolute atomic E-state index is 12.8. The number of nitrogen functional groups attached to an aromatic ring is 1. The summed E-state index contributed by atoms with van der Waals surface area (Å²) in [4.78, 5) is 21.8. The van der Waals surface area contributed by atoms with Gasteiger partial charge in [0.1, 0.15) is 0 Å². The first-order valence-electron chi connectivity index (χ1n) is 9.43. The molecule has 1 aromatic heterocycles. The molecule has 26 heavy (non-hydrogen) atoms. The second-order valence-corrected chi connectivity index (χ2v) is 8.39. The maximum Gasteiger partial charge on any atom is 0.223 e. The second kappa shape index (κ2) is 7.76. The normalized spacial score (nSPS) is 23.2. The largest absolute Gasteiger partial charge is 0.375 e. The van der Waals surface area contributed by atoms with Crippen LogP contribution in [0.25, 0.3) is 0 Å². The number of carbonyl (C=O) groups is 1. The molecule has 2 aromatic rings. The summed E-state index contributed by atoms with van der Waals surface area (Å²) >= 11 is 1.44. The van der Waals surface area contributed by atoms with Crippen molar-refractivity contribution in [2.75, 3.05) is 25.4 Å². The minimum Gasteiger partial charge on any atom is -0.375 e. The summed E-state index contributed by atoms with van der Waals surface area (Å²) < 4.78 is 0. The van der Waals surface area contributed by atoms with Gasteiger partial charge in [0, 0.05) is 44.0 Å². The highest BCUT2D eigenvalue weighted by molar-refractivity contribution is 7.13. The van der Waals surface area contributed by atoms with Crippen LogP contribution < -0.4 is 5.73 Å². The first-order valence-corrected chi connectivity index (χ1v) is 10.3. The molecule has 0 saturated carbocycles. The van der Waals surface area contributed by atoms with E-state index in [1.807, 2.05) is 5.38 Å². The fraction of sp³-hybridized carbons (Fsp3) is 0.500. The molecule has 0 unspecified atom stereocenters. The lowest BCUT2D eigenvalue weighted by molar-refractivity contribution is -0.135. The molecule has 2 atom stereocenters. The van der Waals surface area contributed by atoms with E-state index in [2.05, 4.69) is 45.1 Å². The third-order valence-corrected chi connectivity index (χ3v) is 6.25. The van der Waals surface area contributed by atoms with Crippen LogP contribution >= 0.6 is 11.3 Å². The maximum atomic E-state index is 12.8. The number of nitrogens with two attached hydrogens (primary N) is 1. The number of amides is 1. The number of benzene rings is 1. The van der Waals surface area contributed by atoms with E-state index in [9.17, 15) is 4.79 Å². The van der Waals surface area contributed by atoms with Crippen molar-refractivity contribution in [1.82, 2.24) is 14.8 Å². The lowest BCUT2D eigenvalue weighted by Gasteiger charge is -2.36. The first kappa shape index (κ1) is 17.5. The SMILES string of the molecule is Nc1nc(CCC(=O)N2C[C@@H]3CC[C@H]2CN(Cc2ccccc2)C3)cs1. The molecule has 3 saturated heterocycles. The summed E-state index contributed by atoms with van der Waals surface area (Å²) in [5.41, 5.74) is 7.97. The van der Waals surface area contributed by atoms with Crippen LogP contribution in [0.1, 0.15) is 30.5 Å². The van der Waals surface area contributed by atoms with Crippen molar-refractivity contribution in [2.24, 2.45) is 5.92 Å². The highest BCUT2D eigenvalue weighted by Gasteiger charge is 2.36. The van der Waals surface area contributed by atoms with Gasteiger partial charge in [-0.15, -0.1) is 11.3 Å². The molecule has 138 valence electrons. The van der Waals surface area contributed by atoms with Gasteiger partial charge in [0.15, 0.2) is 5.13 Å². The molecule has 4 heterocycles. The smallest absolute Gasteiger partial charge is 0.223 e. The van der Waals surface area contributed by atoms with Crippen LogP contribution in [-0.2, 0) is 17.8 Å². The van der Waals surface area contributed by atoms with E-state index >= 15 is 0 Å². The number of nitrogens with zero attached hydrogens (tertiary/aromatic N) is 3. The molecule has 5 nitrogen and oxygen atoms in total. The van der Waals surface area contributed by atoms with Crippen molar-refractivity contribution in [3.05, 3.63) is 47.0 Å². The third-order valence-electron chi connectivity index (χ3n) is 5.52. The Morgan fingerprint density at radius 3 is 2.81 bits per heavy atom. The third kappa shape index (κ3) is 4.07. The zero-order chi connectivity index (χ0) is 17.9. The number of aryl methyl sites for hydroxylation is 1. The molecular weight excluding hydrogens is 344 g/mol. The second-order valence-electron chi connectivity index (χ2n) is 7.50. The Morgan fingerprint density at radius 1 is 1.19 bits per heavy atom. The number of hydrogen-bond donors (Lipinski definition) is 1. The van der Waals surface area contributed by atoms with E-state index in [0.29, 0.717) is 29.9 Å². The van der Waals surface area contributed by atoms with E-state index in [0.717, 1.165) is 38.3 Å². The number of rotatable bonds is 5. The van der Waals surface area contributed by atoms with Gasteiger partial charge in [-0.3, -0.25) is 9.69 Å². The number of piperidine rings is 1. The highest BCUT2D eigenvalue weighted by Crippen LogP contribution is 2.29. The standard InChI is InChI=1S/C20H26N4OS/c21-20-22-17(14-26-20)7-9-19(25)24-12-16-6-8-18(24)13-23(11-16)10-15-4-2-1-3-5-15/h1-5,14,16,18H,6-13H2,(H2,21,22)/t16-,18+/m1/s1. The van der Waals surface area contributed by atoms with Crippen molar-refractivity contribution in [3.63, 3.8) is 0 Å². The van der Waals surface area contributed by atoms with Gasteiger partial charge in [-0.2, -0.15) is 0 Å². The van der Waals surface area contributed by atoms with Crippen molar-refractivity contribution < 1.29 is 4.79 Å². The van der Waals surface area contributed by atoms with Crippen LogP contribution in [0.2, 0.25) is 0 Å². The number of fused-ring (bicyclic) bond motifs is 4. The lowest BCUT2D eigenvalue weighted by atomic mass is 9.94. The van der Waals surface area contributed by atoms with Crippen LogP contribution in [0.5, 0.6) is 0 Å². The summed E-state index contributed by atoms with van der Waals surface area (Å²) in [6.45, 7) is 3.97. The fourth-order valence-corrected chi connectivity index (χ4v) is 4.87. The molecule has 3 aliphatic heterocycles. The van der Waals surface area contributed by atoms with Gasteiger partial charge in [0.25, 0.3) is 0 Å². The minimum absolute atomic E-state index is 0.271. The van der Waals surface area contributed by atoms with E-state index in [1.54, 1.807) is 0 Å². The molecule has 1 aromatic carbocycles. The summed E-state index contributed by atoms with van der Waals surface area (Å²) in [5.74, 6) is 0.865. The molecular formula is C20H26N4OS. The summed E-state index contributed by atoms with van der Waals surface area (Å²) in [6.07, 6.45) is 3.59. The number of carbonyl (C=O) groups excluding carboxylic acids is 1. The average molecular weight is 371 g/mol. The van der Waals surface area contributed by atoms with Crippen LogP contribution in [0.3, 0.4) is 0 Å². The number of anilines is 1. The molecule has 0 radical (unpaired) electrons. The van der Waals surface area contributed by atoms with Gasteiger partial charge in [-0.25, -0.2) is 4.98 Å². The first-order chi connectivity index (χ1) is 12.7. The Labute approximate surface area is 158 Å². The van der Waals surface area contributed by atoms with Gasteiger partial charge in [-0.1, -0.05) is 30.3 Å². The summed E-state index contributed by atoms with van der Waals surface area (Å²) in [6, 6.07) is 11.0. The van der Waals surface area contributed by atoms with Crippen molar-refractivity contribution >= 4 is 22.4 Å². The molecule has 2 bridgehead atoms. The van der Waals surface area contributed by atoms with E-state index < -0.39 is 0 Å². The van der Waals surface area contributed by atoms with E-state index in [4.69, 9.17) is 5.73 Å². The molecule has 6 heteroatoms. The number of thiazole rings is 1. The molecule has 0 spiro atoms. The monoisotopic (exact) mass is 370 g/mol. The van der Waals surface area contributed by atoms with Gasteiger partial charge in [-0.05, 0) is 30.7 Å². The van der Waals surface area contributed by atoms with Crippen molar-refractivity contribution in [2.45, 2.75) is 38.3 Å². The van der Waals surface area contributed by atoms with Gasteiger partial charge < -0.3 is 10.6 Å². The molecule has 2 N–H and O–H groups in total. The molecule has 3 aliphatic rings. The summed E-state index contributed by atoms with van der Waals surface area (Å²) in [7, 11) is 0. The average Bonchev–Trinajstić information content (AvgIpc) is 2.87. The predicted octanol–water partition coefficient (Wildman–Crippen LogP) is 2.78. The molecule has 3 fully saturated rings. The Morgan fingerprint density at radius 2 is 2.04 bits per heavy atom. The van der Waals surface area contributed by atoms with Crippen molar-refractivity contribution in [3.8, 4) is 0 Å². The molecule has 0 aliphatic carbocycles. The Hall–Kier alpha value is -1.92. The Bertz CT molecular complexity index is 747. The number of aromatic nitrogens is 1. The van der Waals surface area contributed by atoms with Crippen LogP contribution in [0.4, 0.5) is 5.13 Å². The highest BCUT2D eigenvalue weighted by atomic mass is 32.1. The van der Waals surface area contributed by atoms with Crippen LogP contribution in [-0.4, -0.2) is 46.4 Å². The topological polar surface area (TPSA) is 62.5 Å². The van der Waals surface area contributed by atoms with E-state index in [-0.39, 0.29) is 5.91 Å². The Kier molecular flexibility index (Phi) is 5.22. The van der Waals surface area contributed by atoms with Gasteiger partial charge >= 0.3 is 0 Å². The van der Waals surface area contributed by atoms with Gasteiger partial charge in [0.2, 0.25) is 5.91 Å². The summed E-state index contributed by atoms with van der Waals surface area (Å²) in [5, 5.41) is 2.54. The Balaban J connectivity index is 1.37. The quantitative estimate of drug-likeness (QED) is 0.879. The van der Waals surface area contributed by atoms with Gasteiger partial charge in [0.05, 0.1) is 5.69 Å². The lowest BCUT2D eigenvalue weighted by Crippen LogP contribution is -2.47. The zero-order valence-electron chi connectivity index (χ0n) is 15.0. The van der Waals surface area contributed by atoms with Crippen LogP contribution in [0.15, 0.2) is 35.7 Å². The molecule has 5 rings (SSSR count). The number of hydrogen-bond acceptors (Lipinski definition) is 5. The van der Waals surface area contributed by atoms with Crippen molar-refractivity contribution in [1.29, 1.82) is 0 Å². The van der Waals surface area contributed by atoms with Crippen LogP contribution in [0, 0.1) is 5.92 Å². The molecule has 1 amide bonds. The fourth-order valence-electron chi connectivity index (χ4n) is 4.27. The predicted molar refractivity (Wildman–Crippen MR) is 105 cm³/mol. The zero-order valence-corrected chi connectivity index (χ0v) is 15.8. The van der Waals surface area contributed by atoms with E-state index in [1.165, 1.54) is 23.3 Å².